The molecule has 6 nitrogen and oxygen atoms in total. The fourth-order valence-corrected chi connectivity index (χ4v) is 4.46. The molecule has 1 aliphatic heterocycles. The second-order valence-corrected chi connectivity index (χ2v) is 7.60. The fraction of sp³-hybridized carbons (Fsp3) is 0.600. The molecule has 0 radical (unpaired) electrons. The van der Waals surface area contributed by atoms with Crippen LogP contribution in [0, 0.1) is 5.41 Å². The van der Waals surface area contributed by atoms with Gasteiger partial charge in [-0.1, -0.05) is 0 Å². The van der Waals surface area contributed by atoms with Crippen LogP contribution in [0.3, 0.4) is 0 Å². The Labute approximate surface area is 166 Å². The number of hydrogen-bond acceptors (Lipinski definition) is 5. The Morgan fingerprint density at radius 3 is 2.41 bits per heavy atom. The lowest BCUT2D eigenvalue weighted by molar-refractivity contribution is -0.274. The molecule has 1 heterocycles. The van der Waals surface area contributed by atoms with Crippen LogP contribution in [0.15, 0.2) is 24.3 Å². The molecule has 1 aromatic rings. The number of ether oxygens (including phenoxy) is 2. The minimum atomic E-state index is -4.80. The van der Waals surface area contributed by atoms with Crippen LogP contribution in [-0.4, -0.2) is 42.1 Å². The Morgan fingerprint density at radius 1 is 1.24 bits per heavy atom. The highest BCUT2D eigenvalue weighted by Gasteiger charge is 2.53. The van der Waals surface area contributed by atoms with Gasteiger partial charge in [-0.15, -0.1) is 13.2 Å². The van der Waals surface area contributed by atoms with E-state index in [-0.39, 0.29) is 31.1 Å². The van der Waals surface area contributed by atoms with Crippen molar-refractivity contribution < 1.29 is 37.3 Å². The van der Waals surface area contributed by atoms with Crippen molar-refractivity contribution in [3.8, 4) is 5.75 Å². The minimum Gasteiger partial charge on any atom is -0.466 e. The molecule has 2 aliphatic rings. The smallest absolute Gasteiger partial charge is 0.466 e. The predicted octanol–water partition coefficient (Wildman–Crippen LogP) is 3.57. The molecule has 1 amide bonds. The summed E-state index contributed by atoms with van der Waals surface area (Å²) in [6, 6.07) is 4.58. The van der Waals surface area contributed by atoms with Crippen LogP contribution in [0.25, 0.3) is 0 Å². The fourth-order valence-electron chi connectivity index (χ4n) is 4.46. The molecule has 1 unspecified atom stereocenters. The molecule has 3 rings (SSSR count). The molecule has 1 saturated carbocycles. The number of halogens is 3. The number of aliphatic hydroxyl groups is 1. The molecule has 1 saturated heterocycles. The van der Waals surface area contributed by atoms with Crippen LogP contribution < -0.4 is 9.64 Å². The van der Waals surface area contributed by atoms with Gasteiger partial charge in [0.1, 0.15) is 5.75 Å². The summed E-state index contributed by atoms with van der Waals surface area (Å²) in [6.45, 7) is 1.91. The van der Waals surface area contributed by atoms with E-state index in [1.54, 1.807) is 6.92 Å². The predicted molar refractivity (Wildman–Crippen MR) is 97.2 cm³/mol. The van der Waals surface area contributed by atoms with Crippen molar-refractivity contribution in [2.45, 2.75) is 64.0 Å². The SMILES string of the molecule is CCOC(=O)CC1N(c2ccc(OC(F)(F)F)cc2)C(=O)CC12CCC(O)CC2. The van der Waals surface area contributed by atoms with Gasteiger partial charge in [0.2, 0.25) is 5.91 Å². The molecular weight excluding hydrogens is 391 g/mol. The lowest BCUT2D eigenvalue weighted by atomic mass is 9.67. The molecule has 1 N–H and O–H groups in total. The number of hydrogen-bond donors (Lipinski definition) is 1. The van der Waals surface area contributed by atoms with Crippen molar-refractivity contribution in [3.63, 3.8) is 0 Å². The number of benzene rings is 1. The van der Waals surface area contributed by atoms with Gasteiger partial charge in [-0.2, -0.15) is 0 Å². The highest BCUT2D eigenvalue weighted by atomic mass is 19.4. The normalized spacial score (nSPS) is 27.3. The van der Waals surface area contributed by atoms with Gasteiger partial charge in [-0.25, -0.2) is 0 Å². The number of carbonyl (C=O) groups excluding carboxylic acids is 2. The Balaban J connectivity index is 1.88. The lowest BCUT2D eigenvalue weighted by Gasteiger charge is -2.41. The zero-order valence-corrected chi connectivity index (χ0v) is 16.1. The van der Waals surface area contributed by atoms with E-state index in [1.807, 2.05) is 0 Å². The number of anilines is 1. The second kappa shape index (κ2) is 8.22. The summed E-state index contributed by atoms with van der Waals surface area (Å²) in [4.78, 5) is 26.6. The summed E-state index contributed by atoms with van der Waals surface area (Å²) in [5.41, 5.74) is -0.0636. The van der Waals surface area contributed by atoms with Gasteiger partial charge in [0, 0.05) is 17.5 Å². The van der Waals surface area contributed by atoms with Crippen LogP contribution in [0.2, 0.25) is 0 Å². The maximum atomic E-state index is 12.9. The van der Waals surface area contributed by atoms with Crippen LogP contribution in [0.4, 0.5) is 18.9 Å². The zero-order valence-electron chi connectivity index (χ0n) is 16.1. The van der Waals surface area contributed by atoms with Gasteiger partial charge in [0.15, 0.2) is 0 Å². The van der Waals surface area contributed by atoms with E-state index in [0.717, 1.165) is 12.1 Å². The average Bonchev–Trinajstić information content (AvgIpc) is 2.89. The Bertz CT molecular complexity index is 741. The Hall–Kier alpha value is -2.29. The van der Waals surface area contributed by atoms with E-state index < -0.39 is 29.9 Å². The molecule has 1 aromatic carbocycles. The summed E-state index contributed by atoms with van der Waals surface area (Å²) in [5.74, 6) is -1.01. The summed E-state index contributed by atoms with van der Waals surface area (Å²) in [7, 11) is 0. The lowest BCUT2D eigenvalue weighted by Crippen LogP contribution is -2.44. The quantitative estimate of drug-likeness (QED) is 0.745. The van der Waals surface area contributed by atoms with Crippen molar-refractivity contribution in [1.29, 1.82) is 0 Å². The molecule has 2 fully saturated rings. The first-order chi connectivity index (χ1) is 13.6. The molecule has 1 spiro atoms. The van der Waals surface area contributed by atoms with E-state index in [0.29, 0.717) is 31.4 Å². The molecule has 1 atom stereocenters. The summed E-state index contributed by atoms with van der Waals surface area (Å²) < 4.78 is 46.2. The zero-order chi connectivity index (χ0) is 21.2. The Morgan fingerprint density at radius 2 is 1.86 bits per heavy atom. The maximum absolute atomic E-state index is 12.9. The first kappa shape index (κ1) is 21.4. The largest absolute Gasteiger partial charge is 0.573 e. The molecule has 0 bridgehead atoms. The van der Waals surface area contributed by atoms with E-state index in [9.17, 15) is 27.9 Å². The maximum Gasteiger partial charge on any atom is 0.573 e. The van der Waals surface area contributed by atoms with Crippen molar-refractivity contribution in [2.24, 2.45) is 5.41 Å². The molecular formula is C20H24F3NO5. The first-order valence-corrected chi connectivity index (χ1v) is 9.65. The standard InChI is InChI=1S/C20H24F3NO5/c1-2-28-18(27)11-16-19(9-7-14(25)8-10-19)12-17(26)24(16)13-3-5-15(6-4-13)29-20(21,22)23/h3-6,14,16,25H,2,7-12H2,1H3. The van der Waals surface area contributed by atoms with Crippen LogP contribution in [0.1, 0.15) is 45.4 Å². The van der Waals surface area contributed by atoms with Crippen molar-refractivity contribution in [2.75, 3.05) is 11.5 Å². The summed E-state index contributed by atoms with van der Waals surface area (Å²) >= 11 is 0. The number of carbonyl (C=O) groups is 2. The molecule has 0 aromatic heterocycles. The molecule has 9 heteroatoms. The van der Waals surface area contributed by atoms with Crippen LogP contribution in [-0.2, 0) is 14.3 Å². The van der Waals surface area contributed by atoms with E-state index >= 15 is 0 Å². The van der Waals surface area contributed by atoms with Gasteiger partial charge in [0.25, 0.3) is 0 Å². The van der Waals surface area contributed by atoms with E-state index in [1.165, 1.54) is 17.0 Å². The number of esters is 1. The minimum absolute atomic E-state index is 0.00349. The number of nitrogens with zero attached hydrogens (tertiary/aromatic N) is 1. The summed E-state index contributed by atoms with van der Waals surface area (Å²) in [6.07, 6.45) is -2.74. The van der Waals surface area contributed by atoms with Crippen molar-refractivity contribution in [1.82, 2.24) is 0 Å². The van der Waals surface area contributed by atoms with Gasteiger partial charge in [-0.3, -0.25) is 9.59 Å². The van der Waals surface area contributed by atoms with Crippen molar-refractivity contribution in [3.05, 3.63) is 24.3 Å². The first-order valence-electron chi connectivity index (χ1n) is 9.65. The van der Waals surface area contributed by atoms with E-state index in [4.69, 9.17) is 4.74 Å². The molecule has 160 valence electrons. The average molecular weight is 415 g/mol. The topological polar surface area (TPSA) is 76.1 Å². The second-order valence-electron chi connectivity index (χ2n) is 7.60. The van der Waals surface area contributed by atoms with Gasteiger partial charge in [0.05, 0.1) is 25.2 Å². The number of amides is 1. The van der Waals surface area contributed by atoms with Gasteiger partial charge >= 0.3 is 12.3 Å². The summed E-state index contributed by atoms with van der Waals surface area (Å²) in [5, 5.41) is 9.88. The molecule has 1 aliphatic carbocycles. The number of alkyl halides is 3. The van der Waals surface area contributed by atoms with E-state index in [2.05, 4.69) is 4.74 Å². The highest BCUT2D eigenvalue weighted by molar-refractivity contribution is 5.98. The van der Waals surface area contributed by atoms with Crippen molar-refractivity contribution >= 4 is 17.6 Å². The number of rotatable bonds is 5. The number of aliphatic hydroxyl groups excluding tert-OH is 1. The third-order valence-corrected chi connectivity index (χ3v) is 5.76. The molecule has 29 heavy (non-hydrogen) atoms. The monoisotopic (exact) mass is 415 g/mol. The highest BCUT2D eigenvalue weighted by Crippen LogP contribution is 2.51. The third kappa shape index (κ3) is 4.83. The van der Waals surface area contributed by atoms with Gasteiger partial charge in [-0.05, 0) is 56.9 Å². The van der Waals surface area contributed by atoms with Crippen LogP contribution >= 0.6 is 0 Å². The van der Waals surface area contributed by atoms with Gasteiger partial charge < -0.3 is 19.5 Å². The third-order valence-electron chi connectivity index (χ3n) is 5.76. The Kier molecular flexibility index (Phi) is 6.07. The van der Waals surface area contributed by atoms with Crippen LogP contribution in [0.5, 0.6) is 5.75 Å².